The van der Waals surface area contributed by atoms with Crippen molar-refractivity contribution in [3.63, 3.8) is 0 Å². The van der Waals surface area contributed by atoms with Crippen molar-refractivity contribution in [1.82, 2.24) is 9.88 Å². The standard InChI is InChI=1S/C17H24N6O2S/c1-2-3-10-8-11(22-4-6-23(7-5-22)12(24)9-18)21-17-13(10)14(19)15(26-17)16(20)25/h8H,2-7,9,18-19H2,1H3,(H2,20,25). The van der Waals surface area contributed by atoms with Crippen LogP contribution in [-0.2, 0) is 11.2 Å². The predicted octanol–water partition coefficient (Wildman–Crippen LogP) is 0.537. The Morgan fingerprint density at radius 1 is 1.27 bits per heavy atom. The van der Waals surface area contributed by atoms with E-state index < -0.39 is 5.91 Å². The minimum absolute atomic E-state index is 0.0307. The number of hydrogen-bond donors (Lipinski definition) is 3. The molecule has 140 valence electrons. The number of nitrogens with two attached hydrogens (primary N) is 3. The first-order chi connectivity index (χ1) is 12.5. The molecule has 2 aromatic rings. The average molecular weight is 376 g/mol. The number of amides is 2. The second-order valence-electron chi connectivity index (χ2n) is 6.35. The molecule has 0 atom stereocenters. The van der Waals surface area contributed by atoms with Gasteiger partial charge in [-0.1, -0.05) is 13.3 Å². The molecule has 1 aliphatic rings. The van der Waals surface area contributed by atoms with Gasteiger partial charge in [0.2, 0.25) is 5.91 Å². The molecule has 0 radical (unpaired) electrons. The number of pyridine rings is 1. The van der Waals surface area contributed by atoms with Crippen molar-refractivity contribution in [1.29, 1.82) is 0 Å². The van der Waals surface area contributed by atoms with E-state index in [-0.39, 0.29) is 12.5 Å². The van der Waals surface area contributed by atoms with Crippen molar-refractivity contribution in [2.45, 2.75) is 19.8 Å². The molecule has 1 saturated heterocycles. The minimum Gasteiger partial charge on any atom is -0.397 e. The largest absolute Gasteiger partial charge is 0.397 e. The zero-order chi connectivity index (χ0) is 18.8. The van der Waals surface area contributed by atoms with Gasteiger partial charge in [-0.25, -0.2) is 4.98 Å². The number of rotatable bonds is 5. The molecule has 3 heterocycles. The Balaban J connectivity index is 1.95. The second-order valence-corrected chi connectivity index (χ2v) is 7.35. The molecule has 26 heavy (non-hydrogen) atoms. The molecule has 6 N–H and O–H groups in total. The maximum Gasteiger partial charge on any atom is 0.260 e. The highest BCUT2D eigenvalue weighted by molar-refractivity contribution is 7.21. The van der Waals surface area contributed by atoms with Gasteiger partial charge in [0.15, 0.2) is 0 Å². The molecule has 2 aromatic heterocycles. The quantitative estimate of drug-likeness (QED) is 0.698. The van der Waals surface area contributed by atoms with Crippen molar-refractivity contribution in [2.24, 2.45) is 11.5 Å². The van der Waals surface area contributed by atoms with Crippen LogP contribution in [0.4, 0.5) is 11.5 Å². The molecule has 0 aromatic carbocycles. The van der Waals surface area contributed by atoms with E-state index in [1.165, 1.54) is 11.3 Å². The first-order valence-corrected chi connectivity index (χ1v) is 9.52. The smallest absolute Gasteiger partial charge is 0.260 e. The van der Waals surface area contributed by atoms with Gasteiger partial charge in [-0.15, -0.1) is 11.3 Å². The van der Waals surface area contributed by atoms with Crippen molar-refractivity contribution >= 4 is 44.9 Å². The third kappa shape index (κ3) is 3.32. The van der Waals surface area contributed by atoms with Gasteiger partial charge in [-0.05, 0) is 18.1 Å². The molecular formula is C17H24N6O2S. The fraction of sp³-hybridized carbons (Fsp3) is 0.471. The van der Waals surface area contributed by atoms with Crippen LogP contribution in [-0.4, -0.2) is 54.4 Å². The van der Waals surface area contributed by atoms with Crippen molar-refractivity contribution in [3.8, 4) is 0 Å². The highest BCUT2D eigenvalue weighted by Gasteiger charge is 2.24. The Morgan fingerprint density at radius 3 is 2.54 bits per heavy atom. The predicted molar refractivity (Wildman–Crippen MR) is 104 cm³/mol. The molecule has 3 rings (SSSR count). The van der Waals surface area contributed by atoms with Crippen molar-refractivity contribution in [2.75, 3.05) is 43.4 Å². The van der Waals surface area contributed by atoms with Gasteiger partial charge >= 0.3 is 0 Å². The molecule has 0 bridgehead atoms. The van der Waals surface area contributed by atoms with Gasteiger partial charge < -0.3 is 27.0 Å². The van der Waals surface area contributed by atoms with Crippen LogP contribution in [0.3, 0.4) is 0 Å². The third-order valence-electron chi connectivity index (χ3n) is 4.64. The number of piperazine rings is 1. The Bertz CT molecular complexity index is 841. The summed E-state index contributed by atoms with van der Waals surface area (Å²) >= 11 is 1.24. The lowest BCUT2D eigenvalue weighted by Crippen LogP contribution is -2.50. The highest BCUT2D eigenvalue weighted by atomic mass is 32.1. The summed E-state index contributed by atoms with van der Waals surface area (Å²) in [5, 5.41) is 0.839. The summed E-state index contributed by atoms with van der Waals surface area (Å²) in [7, 11) is 0. The first kappa shape index (κ1) is 18.4. The van der Waals surface area contributed by atoms with Gasteiger partial charge in [-0.2, -0.15) is 0 Å². The van der Waals surface area contributed by atoms with E-state index in [1.54, 1.807) is 4.90 Å². The summed E-state index contributed by atoms with van der Waals surface area (Å²) in [5.74, 6) is 0.290. The number of thiophene rings is 1. The zero-order valence-electron chi connectivity index (χ0n) is 14.8. The van der Waals surface area contributed by atoms with Crippen LogP contribution in [0.2, 0.25) is 0 Å². The number of fused-ring (bicyclic) bond motifs is 1. The van der Waals surface area contributed by atoms with Crippen LogP contribution < -0.4 is 22.1 Å². The van der Waals surface area contributed by atoms with Gasteiger partial charge in [0, 0.05) is 31.6 Å². The number of primary amides is 1. The Kier molecular flexibility index (Phi) is 5.28. The number of carbonyl (C=O) groups excluding carboxylic acids is 2. The first-order valence-electron chi connectivity index (χ1n) is 8.70. The molecule has 9 heteroatoms. The van der Waals surface area contributed by atoms with E-state index in [0.29, 0.717) is 36.7 Å². The highest BCUT2D eigenvalue weighted by Crippen LogP contribution is 2.37. The molecule has 2 amide bonds. The number of nitrogen functional groups attached to an aromatic ring is 1. The van der Waals surface area contributed by atoms with E-state index in [9.17, 15) is 9.59 Å². The number of hydrogen-bond acceptors (Lipinski definition) is 7. The summed E-state index contributed by atoms with van der Waals surface area (Å²) < 4.78 is 0. The maximum absolute atomic E-state index is 11.7. The number of anilines is 2. The molecule has 1 fully saturated rings. The maximum atomic E-state index is 11.7. The van der Waals surface area contributed by atoms with Crippen molar-refractivity contribution < 1.29 is 9.59 Å². The summed E-state index contributed by atoms with van der Waals surface area (Å²) in [6.07, 6.45) is 1.80. The molecule has 1 aliphatic heterocycles. The Labute approximate surface area is 155 Å². The van der Waals surface area contributed by atoms with E-state index >= 15 is 0 Å². The lowest BCUT2D eigenvalue weighted by Gasteiger charge is -2.35. The van der Waals surface area contributed by atoms with Crippen LogP contribution in [0.15, 0.2) is 6.07 Å². The number of carbonyl (C=O) groups is 2. The van der Waals surface area contributed by atoms with Crippen LogP contribution in [0, 0.1) is 0 Å². The van der Waals surface area contributed by atoms with Gasteiger partial charge in [0.1, 0.15) is 15.5 Å². The summed E-state index contributed by atoms with van der Waals surface area (Å²) in [6, 6.07) is 2.04. The number of nitrogens with zero attached hydrogens (tertiary/aromatic N) is 3. The minimum atomic E-state index is -0.525. The molecule has 8 nitrogen and oxygen atoms in total. The van der Waals surface area contributed by atoms with Crippen LogP contribution in [0.1, 0.15) is 28.6 Å². The van der Waals surface area contributed by atoms with E-state index in [2.05, 4.69) is 11.8 Å². The fourth-order valence-electron chi connectivity index (χ4n) is 3.31. The summed E-state index contributed by atoms with van der Waals surface area (Å²) in [5.41, 5.74) is 18.6. The molecule has 0 unspecified atom stereocenters. The van der Waals surface area contributed by atoms with Gasteiger partial charge in [0.25, 0.3) is 5.91 Å². The molecule has 0 spiro atoms. The third-order valence-corrected chi connectivity index (χ3v) is 5.76. The van der Waals surface area contributed by atoms with Crippen LogP contribution in [0.5, 0.6) is 0 Å². The number of aryl methyl sites for hydroxylation is 1. The second kappa shape index (κ2) is 7.46. The van der Waals surface area contributed by atoms with Crippen LogP contribution in [0.25, 0.3) is 10.2 Å². The van der Waals surface area contributed by atoms with E-state index in [0.717, 1.165) is 34.4 Å². The Hall–Kier alpha value is -2.39. The normalized spacial score (nSPS) is 14.8. The zero-order valence-corrected chi connectivity index (χ0v) is 15.6. The topological polar surface area (TPSA) is 132 Å². The van der Waals surface area contributed by atoms with Gasteiger partial charge in [0.05, 0.1) is 12.2 Å². The molecule has 0 saturated carbocycles. The average Bonchev–Trinajstić information content (AvgIpc) is 2.98. The lowest BCUT2D eigenvalue weighted by molar-refractivity contribution is -0.129. The van der Waals surface area contributed by atoms with Crippen LogP contribution >= 0.6 is 11.3 Å². The Morgan fingerprint density at radius 2 is 1.96 bits per heavy atom. The SMILES string of the molecule is CCCc1cc(N2CCN(C(=O)CN)CC2)nc2sc(C(N)=O)c(N)c12. The molecule has 0 aliphatic carbocycles. The van der Waals surface area contributed by atoms with Crippen molar-refractivity contribution in [3.05, 3.63) is 16.5 Å². The van der Waals surface area contributed by atoms with Gasteiger partial charge in [-0.3, -0.25) is 9.59 Å². The summed E-state index contributed by atoms with van der Waals surface area (Å²) in [6.45, 7) is 4.77. The molecular weight excluding hydrogens is 352 g/mol. The van der Waals surface area contributed by atoms with E-state index in [4.69, 9.17) is 22.2 Å². The summed E-state index contributed by atoms with van der Waals surface area (Å²) in [4.78, 5) is 33.1. The monoisotopic (exact) mass is 376 g/mol. The number of aromatic nitrogens is 1. The fourth-order valence-corrected chi connectivity index (χ4v) is 4.30. The van der Waals surface area contributed by atoms with E-state index in [1.807, 2.05) is 6.07 Å². The lowest BCUT2D eigenvalue weighted by atomic mass is 10.1.